The van der Waals surface area contributed by atoms with E-state index in [1.807, 2.05) is 6.92 Å². The third kappa shape index (κ3) is 5.01. The van der Waals surface area contributed by atoms with Gasteiger partial charge in [-0.1, -0.05) is 6.92 Å². The third-order valence-corrected chi connectivity index (χ3v) is 2.95. The van der Waals surface area contributed by atoms with Gasteiger partial charge < -0.3 is 15.8 Å². The first-order chi connectivity index (χ1) is 9.58. The molecule has 1 rings (SSSR count). The molecule has 0 fully saturated rings. The maximum absolute atomic E-state index is 11.9. The van der Waals surface area contributed by atoms with Gasteiger partial charge in [0.2, 0.25) is 5.91 Å². The average molecular weight is 278 g/mol. The van der Waals surface area contributed by atoms with Gasteiger partial charge >= 0.3 is 5.97 Å². The molecule has 5 nitrogen and oxygen atoms in total. The number of carbonyl (C=O) groups is 2. The standard InChI is InChI=1S/C15H22N2O3/c1-3-20-15(19)12-6-8-13(9-7-12)17-14(18)11(2)5-4-10-16/h6-9,11H,3-5,10,16H2,1-2H3,(H,17,18). The van der Waals surface area contributed by atoms with Crippen molar-refractivity contribution in [3.05, 3.63) is 29.8 Å². The van der Waals surface area contributed by atoms with Crippen LogP contribution in [-0.4, -0.2) is 25.0 Å². The molecule has 1 aromatic carbocycles. The Labute approximate surface area is 119 Å². The molecule has 0 heterocycles. The van der Waals surface area contributed by atoms with Crippen LogP contribution in [0, 0.1) is 5.92 Å². The summed E-state index contributed by atoms with van der Waals surface area (Å²) in [6.07, 6.45) is 1.60. The highest BCUT2D eigenvalue weighted by atomic mass is 16.5. The van der Waals surface area contributed by atoms with Gasteiger partial charge in [0.25, 0.3) is 0 Å². The number of anilines is 1. The number of ether oxygens (including phenoxy) is 1. The van der Waals surface area contributed by atoms with Crippen molar-refractivity contribution in [3.63, 3.8) is 0 Å². The van der Waals surface area contributed by atoms with E-state index in [2.05, 4.69) is 5.32 Å². The molecule has 1 atom stereocenters. The summed E-state index contributed by atoms with van der Waals surface area (Å²) in [5, 5.41) is 2.82. The Morgan fingerprint density at radius 3 is 2.50 bits per heavy atom. The van der Waals surface area contributed by atoms with Crippen LogP contribution >= 0.6 is 0 Å². The second kappa shape index (κ2) is 8.32. The van der Waals surface area contributed by atoms with Crippen LogP contribution in [0.15, 0.2) is 24.3 Å². The summed E-state index contributed by atoms with van der Waals surface area (Å²) < 4.78 is 4.89. The lowest BCUT2D eigenvalue weighted by molar-refractivity contribution is -0.119. The van der Waals surface area contributed by atoms with Gasteiger partial charge in [0, 0.05) is 11.6 Å². The molecule has 3 N–H and O–H groups in total. The molecule has 0 bridgehead atoms. The SMILES string of the molecule is CCOC(=O)c1ccc(NC(=O)C(C)CCCN)cc1. The zero-order valence-corrected chi connectivity index (χ0v) is 12.0. The molecule has 20 heavy (non-hydrogen) atoms. The maximum atomic E-state index is 11.9. The Morgan fingerprint density at radius 1 is 1.30 bits per heavy atom. The van der Waals surface area contributed by atoms with Crippen molar-refractivity contribution < 1.29 is 14.3 Å². The van der Waals surface area contributed by atoms with E-state index in [1.165, 1.54) is 0 Å². The fraction of sp³-hybridized carbons (Fsp3) is 0.467. The summed E-state index contributed by atoms with van der Waals surface area (Å²) in [4.78, 5) is 23.4. The van der Waals surface area contributed by atoms with E-state index in [4.69, 9.17) is 10.5 Å². The summed E-state index contributed by atoms with van der Waals surface area (Å²) in [7, 11) is 0. The Morgan fingerprint density at radius 2 is 1.95 bits per heavy atom. The van der Waals surface area contributed by atoms with E-state index in [0.29, 0.717) is 24.4 Å². The first kappa shape index (κ1) is 16.2. The van der Waals surface area contributed by atoms with Gasteiger partial charge in [-0.25, -0.2) is 4.79 Å². The highest BCUT2D eigenvalue weighted by Crippen LogP contribution is 2.13. The topological polar surface area (TPSA) is 81.4 Å². The lowest BCUT2D eigenvalue weighted by Crippen LogP contribution is -2.21. The molecular formula is C15H22N2O3. The molecule has 5 heteroatoms. The minimum absolute atomic E-state index is 0.0395. The van der Waals surface area contributed by atoms with Crippen LogP contribution in [0.25, 0.3) is 0 Å². The number of esters is 1. The van der Waals surface area contributed by atoms with E-state index in [0.717, 1.165) is 12.8 Å². The zero-order chi connectivity index (χ0) is 15.0. The molecule has 1 unspecified atom stereocenters. The number of nitrogens with one attached hydrogen (secondary N) is 1. The quantitative estimate of drug-likeness (QED) is 0.749. The molecule has 0 saturated heterocycles. The Hall–Kier alpha value is -1.88. The molecule has 110 valence electrons. The van der Waals surface area contributed by atoms with Gasteiger partial charge in [-0.3, -0.25) is 4.79 Å². The van der Waals surface area contributed by atoms with Gasteiger partial charge in [0.05, 0.1) is 12.2 Å². The average Bonchev–Trinajstić information content (AvgIpc) is 2.45. The largest absolute Gasteiger partial charge is 0.462 e. The van der Waals surface area contributed by atoms with Gasteiger partial charge in [-0.2, -0.15) is 0 Å². The van der Waals surface area contributed by atoms with Crippen molar-refractivity contribution in [1.82, 2.24) is 0 Å². The van der Waals surface area contributed by atoms with Crippen LogP contribution in [0.1, 0.15) is 37.0 Å². The molecule has 1 aromatic rings. The van der Waals surface area contributed by atoms with Crippen LogP contribution in [0.2, 0.25) is 0 Å². The number of carbonyl (C=O) groups excluding carboxylic acids is 2. The molecule has 0 aliphatic rings. The number of benzene rings is 1. The molecule has 0 radical (unpaired) electrons. The number of rotatable bonds is 7. The number of hydrogen-bond acceptors (Lipinski definition) is 4. The Bertz CT molecular complexity index is 443. The summed E-state index contributed by atoms with van der Waals surface area (Å²) in [5.74, 6) is -0.479. The van der Waals surface area contributed by atoms with Gasteiger partial charge in [-0.15, -0.1) is 0 Å². The second-order valence-corrected chi connectivity index (χ2v) is 4.62. The highest BCUT2D eigenvalue weighted by molar-refractivity contribution is 5.94. The van der Waals surface area contributed by atoms with Gasteiger partial charge in [0.1, 0.15) is 0 Å². The predicted octanol–water partition coefficient (Wildman–Crippen LogP) is 2.18. The van der Waals surface area contributed by atoms with E-state index in [9.17, 15) is 9.59 Å². The van der Waals surface area contributed by atoms with Crippen LogP contribution in [0.3, 0.4) is 0 Å². The molecule has 0 aliphatic carbocycles. The fourth-order valence-electron chi connectivity index (χ4n) is 1.72. The van der Waals surface area contributed by atoms with Crippen molar-refractivity contribution in [2.24, 2.45) is 11.7 Å². The Balaban J connectivity index is 2.56. The van der Waals surface area contributed by atoms with Gasteiger partial charge in [0.15, 0.2) is 0 Å². The first-order valence-corrected chi connectivity index (χ1v) is 6.86. The minimum Gasteiger partial charge on any atom is -0.462 e. The fourth-order valence-corrected chi connectivity index (χ4v) is 1.72. The molecule has 0 aliphatic heterocycles. The summed E-state index contributed by atoms with van der Waals surface area (Å²) in [6, 6.07) is 6.66. The highest BCUT2D eigenvalue weighted by Gasteiger charge is 2.13. The lowest BCUT2D eigenvalue weighted by Gasteiger charge is -2.11. The molecule has 0 aromatic heterocycles. The number of hydrogen-bond donors (Lipinski definition) is 2. The summed E-state index contributed by atoms with van der Waals surface area (Å²) in [6.45, 7) is 4.56. The van der Waals surface area contributed by atoms with Crippen molar-refractivity contribution in [1.29, 1.82) is 0 Å². The van der Waals surface area contributed by atoms with Crippen LogP contribution < -0.4 is 11.1 Å². The third-order valence-electron chi connectivity index (χ3n) is 2.95. The van der Waals surface area contributed by atoms with Crippen molar-refractivity contribution >= 4 is 17.6 Å². The summed E-state index contributed by atoms with van der Waals surface area (Å²) in [5.41, 5.74) is 6.57. The van der Waals surface area contributed by atoms with Crippen LogP contribution in [0.4, 0.5) is 5.69 Å². The van der Waals surface area contributed by atoms with E-state index in [1.54, 1.807) is 31.2 Å². The first-order valence-electron chi connectivity index (χ1n) is 6.86. The molecule has 1 amide bonds. The maximum Gasteiger partial charge on any atom is 0.338 e. The summed E-state index contributed by atoms with van der Waals surface area (Å²) >= 11 is 0. The van der Waals surface area contributed by atoms with Gasteiger partial charge in [-0.05, 0) is 50.6 Å². The molecule has 0 saturated carbocycles. The Kier molecular flexibility index (Phi) is 6.73. The second-order valence-electron chi connectivity index (χ2n) is 4.62. The minimum atomic E-state index is -0.360. The molecular weight excluding hydrogens is 256 g/mol. The van der Waals surface area contributed by atoms with E-state index < -0.39 is 0 Å². The monoisotopic (exact) mass is 278 g/mol. The normalized spacial score (nSPS) is 11.8. The van der Waals surface area contributed by atoms with Crippen molar-refractivity contribution in [2.45, 2.75) is 26.7 Å². The zero-order valence-electron chi connectivity index (χ0n) is 12.0. The smallest absolute Gasteiger partial charge is 0.338 e. The lowest BCUT2D eigenvalue weighted by atomic mass is 10.0. The number of amides is 1. The predicted molar refractivity (Wildman–Crippen MR) is 78.5 cm³/mol. The van der Waals surface area contributed by atoms with E-state index in [-0.39, 0.29) is 17.8 Å². The van der Waals surface area contributed by atoms with Crippen LogP contribution in [0.5, 0.6) is 0 Å². The van der Waals surface area contributed by atoms with Crippen LogP contribution in [-0.2, 0) is 9.53 Å². The van der Waals surface area contributed by atoms with Crippen molar-refractivity contribution in [2.75, 3.05) is 18.5 Å². The van der Waals surface area contributed by atoms with E-state index >= 15 is 0 Å². The van der Waals surface area contributed by atoms with Crippen molar-refractivity contribution in [3.8, 4) is 0 Å². The molecule has 0 spiro atoms. The number of nitrogens with two attached hydrogens (primary N) is 1.